The number of hydrogen-bond donors (Lipinski definition) is 4. The van der Waals surface area contributed by atoms with Crippen LogP contribution in [0.15, 0.2) is 18.2 Å². The van der Waals surface area contributed by atoms with Gasteiger partial charge in [-0.25, -0.2) is 0 Å². The van der Waals surface area contributed by atoms with Gasteiger partial charge < -0.3 is 25.6 Å². The first-order chi connectivity index (χ1) is 9.61. The van der Waals surface area contributed by atoms with Crippen LogP contribution in [0.5, 0.6) is 5.75 Å². The molecule has 1 amide bonds. The standard InChI is InChI=1S/C14H20N2O4/c1-9(18)12(8-17)16-7-10-2-3-13-11(6-10)14(19)15-4-5-20-13/h2-3,6,9,12,16-18H,4-5,7-8H2,1H3,(H,15,19)/t9-,12+/m1/s1. The molecule has 0 radical (unpaired) electrons. The number of nitrogens with one attached hydrogen (secondary N) is 2. The third-order valence-electron chi connectivity index (χ3n) is 3.28. The molecular weight excluding hydrogens is 260 g/mol. The van der Waals surface area contributed by atoms with Gasteiger partial charge in [0.2, 0.25) is 0 Å². The van der Waals surface area contributed by atoms with Crippen molar-refractivity contribution in [1.29, 1.82) is 0 Å². The van der Waals surface area contributed by atoms with Crippen molar-refractivity contribution in [1.82, 2.24) is 10.6 Å². The van der Waals surface area contributed by atoms with E-state index in [1.807, 2.05) is 6.07 Å². The maximum absolute atomic E-state index is 11.9. The lowest BCUT2D eigenvalue weighted by Gasteiger charge is -2.19. The summed E-state index contributed by atoms with van der Waals surface area (Å²) in [6.45, 7) is 2.88. The van der Waals surface area contributed by atoms with E-state index < -0.39 is 6.10 Å². The van der Waals surface area contributed by atoms with Gasteiger partial charge in [-0.05, 0) is 24.6 Å². The highest BCUT2D eigenvalue weighted by Gasteiger charge is 2.17. The fourth-order valence-corrected chi connectivity index (χ4v) is 2.05. The van der Waals surface area contributed by atoms with Gasteiger partial charge in [-0.2, -0.15) is 0 Å². The van der Waals surface area contributed by atoms with E-state index in [1.54, 1.807) is 19.1 Å². The smallest absolute Gasteiger partial charge is 0.255 e. The van der Waals surface area contributed by atoms with E-state index in [1.165, 1.54) is 0 Å². The molecule has 20 heavy (non-hydrogen) atoms. The highest BCUT2D eigenvalue weighted by atomic mass is 16.5. The van der Waals surface area contributed by atoms with Crippen molar-refractivity contribution >= 4 is 5.91 Å². The molecule has 2 atom stereocenters. The Bertz CT molecular complexity index is 476. The quantitative estimate of drug-likeness (QED) is 0.591. The number of rotatable bonds is 5. The summed E-state index contributed by atoms with van der Waals surface area (Å²) >= 11 is 0. The minimum Gasteiger partial charge on any atom is -0.491 e. The van der Waals surface area contributed by atoms with Gasteiger partial charge in [-0.3, -0.25) is 4.79 Å². The molecule has 1 aromatic rings. The molecule has 0 saturated carbocycles. The van der Waals surface area contributed by atoms with Crippen molar-refractivity contribution in [3.63, 3.8) is 0 Å². The van der Waals surface area contributed by atoms with Gasteiger partial charge in [-0.1, -0.05) is 6.07 Å². The van der Waals surface area contributed by atoms with Gasteiger partial charge in [0, 0.05) is 6.54 Å². The highest BCUT2D eigenvalue weighted by molar-refractivity contribution is 5.97. The minimum absolute atomic E-state index is 0.145. The Morgan fingerprint density at radius 1 is 1.50 bits per heavy atom. The second-order valence-electron chi connectivity index (χ2n) is 4.85. The SMILES string of the molecule is C[C@@H](O)[C@H](CO)NCc1ccc2c(c1)C(=O)NCCO2. The average Bonchev–Trinajstić information content (AvgIpc) is 2.61. The van der Waals surface area contributed by atoms with Crippen molar-refractivity contribution in [2.75, 3.05) is 19.8 Å². The summed E-state index contributed by atoms with van der Waals surface area (Å²) in [4.78, 5) is 11.9. The molecule has 0 saturated heterocycles. The lowest BCUT2D eigenvalue weighted by atomic mass is 10.1. The van der Waals surface area contributed by atoms with E-state index in [9.17, 15) is 9.90 Å². The van der Waals surface area contributed by atoms with E-state index in [0.29, 0.717) is 31.0 Å². The topological polar surface area (TPSA) is 90.8 Å². The number of ether oxygens (including phenoxy) is 1. The number of benzene rings is 1. The van der Waals surface area contributed by atoms with Crippen LogP contribution in [0.3, 0.4) is 0 Å². The summed E-state index contributed by atoms with van der Waals surface area (Å²) < 4.78 is 5.48. The van der Waals surface area contributed by atoms with Gasteiger partial charge in [0.15, 0.2) is 0 Å². The Kier molecular flexibility index (Phi) is 4.94. The monoisotopic (exact) mass is 280 g/mol. The molecule has 0 bridgehead atoms. The summed E-state index contributed by atoms with van der Waals surface area (Å²) in [5.74, 6) is 0.437. The molecule has 110 valence electrons. The Morgan fingerprint density at radius 3 is 3.00 bits per heavy atom. The first-order valence-electron chi connectivity index (χ1n) is 6.68. The number of carbonyl (C=O) groups excluding carboxylic acids is 1. The maximum atomic E-state index is 11.9. The number of amides is 1. The van der Waals surface area contributed by atoms with Crippen molar-refractivity contribution < 1.29 is 19.7 Å². The van der Waals surface area contributed by atoms with Crippen LogP contribution in [0.25, 0.3) is 0 Å². The normalized spacial score (nSPS) is 17.4. The van der Waals surface area contributed by atoms with Gasteiger partial charge in [0.25, 0.3) is 5.91 Å². The average molecular weight is 280 g/mol. The van der Waals surface area contributed by atoms with Gasteiger partial charge in [0.1, 0.15) is 12.4 Å². The molecule has 0 spiro atoms. The molecule has 1 aliphatic rings. The third kappa shape index (κ3) is 3.47. The first-order valence-corrected chi connectivity index (χ1v) is 6.68. The Hall–Kier alpha value is -1.63. The molecule has 0 aromatic heterocycles. The van der Waals surface area contributed by atoms with Gasteiger partial charge in [-0.15, -0.1) is 0 Å². The van der Waals surface area contributed by atoms with Crippen LogP contribution in [-0.2, 0) is 6.54 Å². The largest absolute Gasteiger partial charge is 0.491 e. The van der Waals surface area contributed by atoms with Crippen molar-refractivity contribution in [2.24, 2.45) is 0 Å². The fraction of sp³-hybridized carbons (Fsp3) is 0.500. The van der Waals surface area contributed by atoms with Crippen LogP contribution < -0.4 is 15.4 Å². The maximum Gasteiger partial charge on any atom is 0.255 e. The van der Waals surface area contributed by atoms with E-state index in [2.05, 4.69) is 10.6 Å². The molecular formula is C14H20N2O4. The van der Waals surface area contributed by atoms with Crippen molar-refractivity contribution in [2.45, 2.75) is 25.6 Å². The van der Waals surface area contributed by atoms with Crippen molar-refractivity contribution in [3.8, 4) is 5.75 Å². The molecule has 0 unspecified atom stereocenters. The first kappa shape index (κ1) is 14.8. The number of carbonyl (C=O) groups is 1. The summed E-state index contributed by atoms with van der Waals surface area (Å²) in [6, 6.07) is 5.01. The van der Waals surface area contributed by atoms with E-state index in [0.717, 1.165) is 5.56 Å². The minimum atomic E-state index is -0.646. The van der Waals surface area contributed by atoms with Crippen LogP contribution in [0.4, 0.5) is 0 Å². The summed E-state index contributed by atoms with van der Waals surface area (Å²) in [6.07, 6.45) is -0.646. The number of aliphatic hydroxyl groups excluding tert-OH is 2. The van der Waals surface area contributed by atoms with Crippen LogP contribution in [0.2, 0.25) is 0 Å². The van der Waals surface area contributed by atoms with Gasteiger partial charge >= 0.3 is 0 Å². The molecule has 0 aliphatic carbocycles. The number of aliphatic hydroxyl groups is 2. The summed E-state index contributed by atoms with van der Waals surface area (Å²) in [5.41, 5.74) is 1.41. The third-order valence-corrected chi connectivity index (χ3v) is 3.28. The van der Waals surface area contributed by atoms with E-state index >= 15 is 0 Å². The summed E-state index contributed by atoms with van der Waals surface area (Å²) in [7, 11) is 0. The van der Waals surface area contributed by atoms with Crippen LogP contribution >= 0.6 is 0 Å². The molecule has 2 rings (SSSR count). The second-order valence-corrected chi connectivity index (χ2v) is 4.85. The highest BCUT2D eigenvalue weighted by Crippen LogP contribution is 2.21. The Labute approximate surface area is 117 Å². The zero-order chi connectivity index (χ0) is 14.5. The van der Waals surface area contributed by atoms with E-state index in [4.69, 9.17) is 9.84 Å². The lowest BCUT2D eigenvalue weighted by molar-refractivity contribution is 0.0955. The fourth-order valence-electron chi connectivity index (χ4n) is 2.05. The lowest BCUT2D eigenvalue weighted by Crippen LogP contribution is -2.40. The molecule has 4 N–H and O–H groups in total. The predicted octanol–water partition coefficient (Wildman–Crippen LogP) is -0.360. The van der Waals surface area contributed by atoms with Crippen LogP contribution in [-0.4, -0.2) is 48.0 Å². The zero-order valence-corrected chi connectivity index (χ0v) is 11.4. The van der Waals surface area contributed by atoms with Crippen molar-refractivity contribution in [3.05, 3.63) is 29.3 Å². The van der Waals surface area contributed by atoms with Crippen LogP contribution in [0, 0.1) is 0 Å². The molecule has 1 aromatic carbocycles. The Balaban J connectivity index is 2.08. The van der Waals surface area contributed by atoms with E-state index in [-0.39, 0.29) is 18.6 Å². The molecule has 1 aliphatic heterocycles. The number of fused-ring (bicyclic) bond motifs is 1. The Morgan fingerprint density at radius 2 is 2.30 bits per heavy atom. The number of hydrogen-bond acceptors (Lipinski definition) is 5. The molecule has 6 nitrogen and oxygen atoms in total. The molecule has 0 fully saturated rings. The summed E-state index contributed by atoms with van der Waals surface area (Å²) in [5, 5.41) is 24.4. The second kappa shape index (κ2) is 6.69. The molecule has 6 heteroatoms. The van der Waals surface area contributed by atoms with Gasteiger partial charge in [0.05, 0.1) is 30.9 Å². The molecule has 1 heterocycles. The zero-order valence-electron chi connectivity index (χ0n) is 11.4. The van der Waals surface area contributed by atoms with Crippen LogP contribution in [0.1, 0.15) is 22.8 Å². The predicted molar refractivity (Wildman–Crippen MR) is 73.7 cm³/mol.